The summed E-state index contributed by atoms with van der Waals surface area (Å²) in [5, 5.41) is 2.60. The van der Waals surface area contributed by atoms with Crippen LogP contribution in [0.2, 0.25) is 0 Å². The Morgan fingerprint density at radius 2 is 1.41 bits per heavy atom. The number of carbonyl (C=O) groups is 3. The van der Waals surface area contributed by atoms with Gasteiger partial charge in [-0.3, -0.25) is 9.69 Å². The number of ether oxygens (including phenoxy) is 3. The number of carbonyl (C=O) groups excluding carboxylic acids is 3. The Morgan fingerprint density at radius 1 is 0.897 bits per heavy atom. The third-order valence-electron chi connectivity index (χ3n) is 3.90. The van der Waals surface area contributed by atoms with Crippen LogP contribution >= 0.6 is 0 Å². The van der Waals surface area contributed by atoms with Crippen LogP contribution in [0.25, 0.3) is 0 Å². The van der Waals surface area contributed by atoms with Crippen molar-refractivity contribution in [2.45, 2.75) is 104 Å². The highest BCUT2D eigenvalue weighted by molar-refractivity contribution is 5.81. The summed E-state index contributed by atoms with van der Waals surface area (Å²) in [5.41, 5.74) is -1.90. The molecule has 1 amide bonds. The van der Waals surface area contributed by atoms with Gasteiger partial charge in [0.1, 0.15) is 28.9 Å². The van der Waals surface area contributed by atoms with Crippen molar-refractivity contribution in [3.8, 4) is 0 Å². The Bertz CT molecular complexity index is 598. The lowest BCUT2D eigenvalue weighted by atomic mass is 10.0. The normalized spacial score (nSPS) is 19.0. The molecule has 0 unspecified atom stereocenters. The van der Waals surface area contributed by atoms with Gasteiger partial charge in [0.15, 0.2) is 0 Å². The Balaban J connectivity index is 2.72. The lowest BCUT2D eigenvalue weighted by molar-refractivity contribution is -0.166. The van der Waals surface area contributed by atoms with E-state index in [0.29, 0.717) is 19.4 Å². The molecule has 29 heavy (non-hydrogen) atoms. The summed E-state index contributed by atoms with van der Waals surface area (Å²) >= 11 is 0. The third kappa shape index (κ3) is 9.96. The quantitative estimate of drug-likeness (QED) is 0.527. The summed E-state index contributed by atoms with van der Waals surface area (Å²) < 4.78 is 16.1. The number of hydrogen-bond donors (Lipinski definition) is 1. The first kappa shape index (κ1) is 25.2. The first-order valence-electron chi connectivity index (χ1n) is 10.2. The molecule has 1 aliphatic heterocycles. The van der Waals surface area contributed by atoms with E-state index in [1.165, 1.54) is 0 Å². The van der Waals surface area contributed by atoms with Crippen molar-refractivity contribution in [3.63, 3.8) is 0 Å². The van der Waals surface area contributed by atoms with Crippen LogP contribution < -0.4 is 5.32 Å². The molecule has 8 nitrogen and oxygen atoms in total. The second-order valence-electron chi connectivity index (χ2n) is 10.4. The number of alkyl carbamates (subject to hydrolysis) is 1. The zero-order chi connectivity index (χ0) is 22.6. The second kappa shape index (κ2) is 9.32. The monoisotopic (exact) mass is 414 g/mol. The van der Waals surface area contributed by atoms with E-state index < -0.39 is 34.9 Å². The standard InChI is InChI=1S/C21H38N2O6/c1-19(2,3)27-16(24)14(22-18(26)29-21(7,8)9)10-12-23-13-11-15(23)17(25)28-20(4,5)6/h14-15H,10-13H2,1-9H3,(H,22,26)/t14-,15-/m0/s1. The van der Waals surface area contributed by atoms with Gasteiger partial charge in [-0.05, 0) is 75.2 Å². The second-order valence-corrected chi connectivity index (χ2v) is 10.4. The van der Waals surface area contributed by atoms with Crippen LogP contribution in [0.5, 0.6) is 0 Å². The van der Waals surface area contributed by atoms with Crippen molar-refractivity contribution in [2.24, 2.45) is 0 Å². The molecule has 0 bridgehead atoms. The van der Waals surface area contributed by atoms with Gasteiger partial charge >= 0.3 is 18.0 Å². The van der Waals surface area contributed by atoms with Crippen LogP contribution in [-0.4, -0.2) is 64.9 Å². The lowest BCUT2D eigenvalue weighted by Gasteiger charge is -2.40. The summed E-state index contributed by atoms with van der Waals surface area (Å²) in [6.45, 7) is 17.2. The molecule has 1 heterocycles. The van der Waals surface area contributed by atoms with Crippen LogP contribution in [0.4, 0.5) is 4.79 Å². The molecule has 168 valence electrons. The number of likely N-dealkylation sites (tertiary alicyclic amines) is 1. The SMILES string of the molecule is CC(C)(C)OC(=O)N[C@@H](CCN1CC[C@H]1C(=O)OC(C)(C)C)C(=O)OC(C)(C)C. The summed E-state index contributed by atoms with van der Waals surface area (Å²) in [6.07, 6.45) is 0.333. The predicted octanol–water partition coefficient (Wildman–Crippen LogP) is 3.03. The molecule has 1 saturated heterocycles. The zero-order valence-electron chi connectivity index (χ0n) is 19.4. The Morgan fingerprint density at radius 3 is 1.83 bits per heavy atom. The molecule has 1 rings (SSSR count). The fourth-order valence-electron chi connectivity index (χ4n) is 2.71. The smallest absolute Gasteiger partial charge is 0.408 e. The van der Waals surface area contributed by atoms with Crippen LogP contribution in [0.3, 0.4) is 0 Å². The molecule has 0 aliphatic carbocycles. The zero-order valence-corrected chi connectivity index (χ0v) is 19.4. The van der Waals surface area contributed by atoms with Crippen LogP contribution in [0.1, 0.15) is 75.2 Å². The van der Waals surface area contributed by atoms with Crippen LogP contribution in [-0.2, 0) is 23.8 Å². The van der Waals surface area contributed by atoms with E-state index in [1.807, 2.05) is 25.7 Å². The average molecular weight is 415 g/mol. The highest BCUT2D eigenvalue weighted by Crippen LogP contribution is 2.22. The molecule has 8 heteroatoms. The summed E-state index contributed by atoms with van der Waals surface area (Å²) in [7, 11) is 0. The molecule has 0 spiro atoms. The third-order valence-corrected chi connectivity index (χ3v) is 3.90. The van der Waals surface area contributed by atoms with E-state index in [-0.39, 0.29) is 12.0 Å². The maximum Gasteiger partial charge on any atom is 0.408 e. The highest BCUT2D eigenvalue weighted by Gasteiger charge is 2.38. The molecule has 0 aromatic carbocycles. The van der Waals surface area contributed by atoms with Gasteiger partial charge in [0.05, 0.1) is 0 Å². The summed E-state index contributed by atoms with van der Waals surface area (Å²) in [6, 6.07) is -1.20. The number of rotatable bonds is 6. The number of esters is 2. The van der Waals surface area contributed by atoms with Crippen molar-refractivity contribution in [3.05, 3.63) is 0 Å². The van der Waals surface area contributed by atoms with E-state index in [1.54, 1.807) is 41.5 Å². The minimum Gasteiger partial charge on any atom is -0.459 e. The molecule has 1 fully saturated rings. The van der Waals surface area contributed by atoms with Crippen molar-refractivity contribution in [1.82, 2.24) is 10.2 Å². The van der Waals surface area contributed by atoms with Gasteiger partial charge in [-0.25, -0.2) is 9.59 Å². The van der Waals surface area contributed by atoms with Gasteiger partial charge in [-0.2, -0.15) is 0 Å². The highest BCUT2D eigenvalue weighted by atomic mass is 16.6. The summed E-state index contributed by atoms with van der Waals surface area (Å²) in [5.74, 6) is -0.796. The van der Waals surface area contributed by atoms with Gasteiger partial charge in [0.2, 0.25) is 0 Å². The molecule has 1 aliphatic rings. The Kier molecular flexibility index (Phi) is 8.10. The maximum absolute atomic E-state index is 12.6. The van der Waals surface area contributed by atoms with Gasteiger partial charge in [-0.1, -0.05) is 0 Å². The summed E-state index contributed by atoms with van der Waals surface area (Å²) in [4.78, 5) is 39.0. The molecular weight excluding hydrogens is 376 g/mol. The first-order valence-corrected chi connectivity index (χ1v) is 10.2. The lowest BCUT2D eigenvalue weighted by Crippen LogP contribution is -2.56. The van der Waals surface area contributed by atoms with Gasteiger partial charge in [0.25, 0.3) is 0 Å². The minimum atomic E-state index is -0.871. The van der Waals surface area contributed by atoms with Gasteiger partial charge in [0, 0.05) is 13.1 Å². The number of amides is 1. The first-order chi connectivity index (χ1) is 13.0. The predicted molar refractivity (Wildman–Crippen MR) is 109 cm³/mol. The molecule has 0 radical (unpaired) electrons. The van der Waals surface area contributed by atoms with Crippen LogP contribution in [0.15, 0.2) is 0 Å². The largest absolute Gasteiger partial charge is 0.459 e. The van der Waals surface area contributed by atoms with E-state index in [9.17, 15) is 14.4 Å². The molecule has 0 aromatic rings. The average Bonchev–Trinajstić information content (AvgIpc) is 2.38. The van der Waals surface area contributed by atoms with Crippen molar-refractivity contribution in [1.29, 1.82) is 0 Å². The molecule has 1 N–H and O–H groups in total. The number of hydrogen-bond acceptors (Lipinski definition) is 7. The fraction of sp³-hybridized carbons (Fsp3) is 0.857. The molecule has 0 aromatic heterocycles. The van der Waals surface area contributed by atoms with Crippen LogP contribution in [0, 0.1) is 0 Å². The van der Waals surface area contributed by atoms with E-state index in [4.69, 9.17) is 14.2 Å². The van der Waals surface area contributed by atoms with Crippen molar-refractivity contribution in [2.75, 3.05) is 13.1 Å². The Labute approximate surface area is 174 Å². The van der Waals surface area contributed by atoms with Gasteiger partial charge in [-0.15, -0.1) is 0 Å². The van der Waals surface area contributed by atoms with E-state index in [2.05, 4.69) is 5.32 Å². The molecule has 2 atom stereocenters. The minimum absolute atomic E-state index is 0.266. The maximum atomic E-state index is 12.6. The number of nitrogens with zero attached hydrogens (tertiary/aromatic N) is 1. The molecule has 0 saturated carbocycles. The van der Waals surface area contributed by atoms with Crippen molar-refractivity contribution >= 4 is 18.0 Å². The Hall–Kier alpha value is -1.83. The topological polar surface area (TPSA) is 94.2 Å². The van der Waals surface area contributed by atoms with Crippen molar-refractivity contribution < 1.29 is 28.6 Å². The fourth-order valence-corrected chi connectivity index (χ4v) is 2.71. The van der Waals surface area contributed by atoms with E-state index in [0.717, 1.165) is 6.54 Å². The van der Waals surface area contributed by atoms with Gasteiger partial charge < -0.3 is 19.5 Å². The number of nitrogens with one attached hydrogen (secondary N) is 1. The van der Waals surface area contributed by atoms with E-state index >= 15 is 0 Å². The molecular formula is C21H38N2O6.